The summed E-state index contributed by atoms with van der Waals surface area (Å²) in [4.78, 5) is 0.134. The fourth-order valence-corrected chi connectivity index (χ4v) is 2.27. The zero-order valence-electron chi connectivity index (χ0n) is 6.41. The molecule has 1 rings (SSSR count). The second-order valence-electron chi connectivity index (χ2n) is 2.51. The number of nitrogens with two attached hydrogens (primary N) is 1. The average Bonchev–Trinajstić information content (AvgIpc) is 1.82. The van der Waals surface area contributed by atoms with E-state index < -0.39 is 10.0 Å². The van der Waals surface area contributed by atoms with Crippen LogP contribution in [0.3, 0.4) is 0 Å². The maximum atomic E-state index is 10.9. The molecule has 0 aliphatic rings. The van der Waals surface area contributed by atoms with Crippen LogP contribution in [0.5, 0.6) is 0 Å². The van der Waals surface area contributed by atoms with Crippen LogP contribution in [0.4, 0.5) is 0 Å². The van der Waals surface area contributed by atoms with E-state index in [1.54, 1.807) is 6.92 Å². The molecule has 0 aromatic heterocycles. The second kappa shape index (κ2) is 3.16. The molecule has 0 aliphatic carbocycles. The van der Waals surface area contributed by atoms with Crippen LogP contribution in [0.15, 0.2) is 27.6 Å². The molecule has 0 saturated carbocycles. The van der Waals surface area contributed by atoms with Crippen LogP contribution in [-0.4, -0.2) is 8.42 Å². The van der Waals surface area contributed by atoms with Crippen LogP contribution in [0, 0.1) is 6.92 Å². The van der Waals surface area contributed by atoms with Gasteiger partial charge in [0.1, 0.15) is 0 Å². The Hall–Kier alpha value is -0.390. The molecule has 1 aromatic rings. The lowest BCUT2D eigenvalue weighted by molar-refractivity contribution is 0.597. The Kier molecular flexibility index (Phi) is 2.55. The first-order chi connectivity index (χ1) is 5.39. The van der Waals surface area contributed by atoms with Crippen LogP contribution in [0.25, 0.3) is 0 Å². The third-order valence-electron chi connectivity index (χ3n) is 1.34. The minimum absolute atomic E-state index is 0.134. The topological polar surface area (TPSA) is 60.2 Å². The molecule has 0 fully saturated rings. The van der Waals surface area contributed by atoms with E-state index in [4.69, 9.17) is 5.14 Å². The molecule has 5 heteroatoms. The number of rotatable bonds is 1. The number of benzene rings is 1. The number of primary sulfonamides is 1. The highest BCUT2D eigenvalue weighted by molar-refractivity contribution is 9.10. The molecule has 0 heterocycles. The largest absolute Gasteiger partial charge is 0.238 e. The molecule has 2 N–H and O–H groups in total. The summed E-state index contributed by atoms with van der Waals surface area (Å²) in [6, 6.07) is 4.82. The first-order valence-electron chi connectivity index (χ1n) is 3.19. The fourth-order valence-electron chi connectivity index (χ4n) is 0.867. The van der Waals surface area contributed by atoms with Gasteiger partial charge in [0.05, 0.1) is 4.90 Å². The molecule has 0 amide bonds. The van der Waals surface area contributed by atoms with Gasteiger partial charge in [-0.15, -0.1) is 0 Å². The maximum Gasteiger partial charge on any atom is 0.238 e. The van der Waals surface area contributed by atoms with Gasteiger partial charge in [-0.25, -0.2) is 13.6 Å². The quantitative estimate of drug-likeness (QED) is 0.819. The van der Waals surface area contributed by atoms with E-state index in [-0.39, 0.29) is 4.90 Å². The Labute approximate surface area is 79.8 Å². The van der Waals surface area contributed by atoms with Crippen molar-refractivity contribution in [2.75, 3.05) is 0 Å². The minimum Gasteiger partial charge on any atom is -0.225 e. The molecule has 0 atom stereocenters. The van der Waals surface area contributed by atoms with E-state index in [9.17, 15) is 8.42 Å². The van der Waals surface area contributed by atoms with Gasteiger partial charge < -0.3 is 0 Å². The highest BCUT2D eigenvalue weighted by Crippen LogP contribution is 2.17. The van der Waals surface area contributed by atoms with E-state index in [1.165, 1.54) is 12.1 Å². The maximum absolute atomic E-state index is 10.9. The molecule has 0 aliphatic heterocycles. The molecule has 0 saturated heterocycles. The lowest BCUT2D eigenvalue weighted by atomic mass is 10.2. The summed E-state index contributed by atoms with van der Waals surface area (Å²) < 4.78 is 22.5. The van der Waals surface area contributed by atoms with Gasteiger partial charge >= 0.3 is 0 Å². The molecule has 3 nitrogen and oxygen atoms in total. The van der Waals surface area contributed by atoms with Crippen molar-refractivity contribution in [2.24, 2.45) is 5.14 Å². The average molecular weight is 250 g/mol. The van der Waals surface area contributed by atoms with Crippen LogP contribution < -0.4 is 5.14 Å². The third-order valence-corrected chi connectivity index (χ3v) is 2.69. The smallest absolute Gasteiger partial charge is 0.225 e. The molecule has 66 valence electrons. The first-order valence-corrected chi connectivity index (χ1v) is 5.53. The van der Waals surface area contributed by atoms with Crippen LogP contribution in [-0.2, 0) is 10.0 Å². The third kappa shape index (κ3) is 2.30. The van der Waals surface area contributed by atoms with Crippen molar-refractivity contribution in [1.82, 2.24) is 0 Å². The van der Waals surface area contributed by atoms with Crippen molar-refractivity contribution < 1.29 is 8.42 Å². The Morgan fingerprint density at radius 1 is 1.33 bits per heavy atom. The molecular weight excluding hydrogens is 242 g/mol. The Bertz CT molecular complexity index is 380. The fraction of sp³-hybridized carbons (Fsp3) is 0.143. The van der Waals surface area contributed by atoms with E-state index in [0.29, 0.717) is 4.47 Å². The number of hydrogen-bond donors (Lipinski definition) is 1. The molecular formula is C7H8BrNO2S. The standard InChI is InChI=1S/C7H8BrNO2S/c1-5-2-6(8)4-7(3-5)12(9,10)11/h2-4H,1H3,(H2,9,10,11). The Morgan fingerprint density at radius 2 is 1.92 bits per heavy atom. The summed E-state index contributed by atoms with van der Waals surface area (Å²) in [6.45, 7) is 1.80. The van der Waals surface area contributed by atoms with Gasteiger partial charge in [0.25, 0.3) is 0 Å². The van der Waals surface area contributed by atoms with Gasteiger partial charge in [-0.05, 0) is 30.7 Å². The van der Waals surface area contributed by atoms with E-state index in [0.717, 1.165) is 5.56 Å². The van der Waals surface area contributed by atoms with Crippen LogP contribution in [0.1, 0.15) is 5.56 Å². The lowest BCUT2D eigenvalue weighted by Crippen LogP contribution is -2.12. The summed E-state index contributed by atoms with van der Waals surface area (Å²) in [5.41, 5.74) is 0.855. The second-order valence-corrected chi connectivity index (χ2v) is 4.99. The van der Waals surface area contributed by atoms with Crippen molar-refractivity contribution in [3.05, 3.63) is 28.2 Å². The minimum atomic E-state index is -3.58. The van der Waals surface area contributed by atoms with E-state index in [2.05, 4.69) is 15.9 Å². The Morgan fingerprint density at radius 3 is 2.33 bits per heavy atom. The zero-order valence-corrected chi connectivity index (χ0v) is 8.81. The summed E-state index contributed by atoms with van der Waals surface area (Å²) in [6.07, 6.45) is 0. The number of aryl methyl sites for hydroxylation is 1. The van der Waals surface area contributed by atoms with Gasteiger partial charge in [0.2, 0.25) is 10.0 Å². The van der Waals surface area contributed by atoms with Gasteiger partial charge in [-0.3, -0.25) is 0 Å². The van der Waals surface area contributed by atoms with Gasteiger partial charge in [0, 0.05) is 4.47 Å². The van der Waals surface area contributed by atoms with Crippen LogP contribution >= 0.6 is 15.9 Å². The molecule has 0 spiro atoms. The highest BCUT2D eigenvalue weighted by Gasteiger charge is 2.07. The molecule has 0 radical (unpaired) electrons. The zero-order chi connectivity index (χ0) is 9.35. The van der Waals surface area contributed by atoms with Crippen molar-refractivity contribution in [1.29, 1.82) is 0 Å². The molecule has 12 heavy (non-hydrogen) atoms. The number of sulfonamides is 1. The first kappa shape index (κ1) is 9.70. The SMILES string of the molecule is Cc1cc(Br)cc(S(N)(=O)=O)c1. The van der Waals surface area contributed by atoms with Crippen LogP contribution in [0.2, 0.25) is 0 Å². The monoisotopic (exact) mass is 249 g/mol. The predicted octanol–water partition coefficient (Wildman–Crippen LogP) is 1.40. The van der Waals surface area contributed by atoms with Gasteiger partial charge in [-0.2, -0.15) is 0 Å². The van der Waals surface area contributed by atoms with E-state index >= 15 is 0 Å². The summed E-state index contributed by atoms with van der Waals surface area (Å²) in [7, 11) is -3.58. The van der Waals surface area contributed by atoms with Gasteiger partial charge in [-0.1, -0.05) is 15.9 Å². The van der Waals surface area contributed by atoms with Crippen molar-refractivity contribution in [3.63, 3.8) is 0 Å². The Balaban J connectivity index is 3.37. The van der Waals surface area contributed by atoms with Crippen molar-refractivity contribution >= 4 is 26.0 Å². The molecule has 1 aromatic carbocycles. The lowest BCUT2D eigenvalue weighted by Gasteiger charge is -2.00. The summed E-state index contributed by atoms with van der Waals surface area (Å²) >= 11 is 3.19. The van der Waals surface area contributed by atoms with E-state index in [1.807, 2.05) is 6.07 Å². The molecule has 0 unspecified atom stereocenters. The summed E-state index contributed by atoms with van der Waals surface area (Å²) in [5, 5.41) is 4.95. The van der Waals surface area contributed by atoms with Crippen molar-refractivity contribution in [2.45, 2.75) is 11.8 Å². The van der Waals surface area contributed by atoms with Gasteiger partial charge in [0.15, 0.2) is 0 Å². The van der Waals surface area contributed by atoms with Crippen molar-refractivity contribution in [3.8, 4) is 0 Å². The predicted molar refractivity (Wildman–Crippen MR) is 50.3 cm³/mol. The number of hydrogen-bond acceptors (Lipinski definition) is 2. The normalized spacial score (nSPS) is 11.6. The molecule has 0 bridgehead atoms. The highest BCUT2D eigenvalue weighted by atomic mass is 79.9. The number of halogens is 1. The summed E-state index contributed by atoms with van der Waals surface area (Å²) in [5.74, 6) is 0.